The maximum absolute atomic E-state index is 12.3. The number of H-pyrrole nitrogens is 1. The van der Waals surface area contributed by atoms with Crippen LogP contribution in [0, 0.1) is 6.92 Å². The summed E-state index contributed by atoms with van der Waals surface area (Å²) in [6, 6.07) is 2.24. The molecule has 0 aliphatic heterocycles. The maximum atomic E-state index is 12.3. The zero-order valence-corrected chi connectivity index (χ0v) is 10.1. The topological polar surface area (TPSA) is 50.7 Å². The number of hydrogen-bond acceptors (Lipinski definition) is 2. The molecule has 4 nitrogen and oxygen atoms in total. The van der Waals surface area contributed by atoms with Gasteiger partial charge in [-0.15, -0.1) is 0 Å². The number of fused-ring (bicyclic) bond motifs is 1. The fourth-order valence-electron chi connectivity index (χ4n) is 2.77. The van der Waals surface area contributed by atoms with E-state index in [0.29, 0.717) is 11.7 Å². The van der Waals surface area contributed by atoms with Crippen molar-refractivity contribution in [1.82, 2.24) is 14.5 Å². The van der Waals surface area contributed by atoms with E-state index >= 15 is 0 Å². The first-order valence-corrected chi connectivity index (χ1v) is 6.32. The lowest BCUT2D eigenvalue weighted by Crippen LogP contribution is -2.26. The molecule has 0 aromatic carbocycles. The van der Waals surface area contributed by atoms with Crippen molar-refractivity contribution in [3.05, 3.63) is 28.4 Å². The van der Waals surface area contributed by atoms with E-state index < -0.39 is 0 Å². The van der Waals surface area contributed by atoms with Gasteiger partial charge in [-0.05, 0) is 25.8 Å². The van der Waals surface area contributed by atoms with Gasteiger partial charge in [-0.1, -0.05) is 19.3 Å². The van der Waals surface area contributed by atoms with Crippen LogP contribution in [-0.2, 0) is 0 Å². The van der Waals surface area contributed by atoms with Crippen molar-refractivity contribution in [3.8, 4) is 0 Å². The Morgan fingerprint density at radius 2 is 2.12 bits per heavy atom. The second-order valence-corrected chi connectivity index (χ2v) is 4.96. The first kappa shape index (κ1) is 10.6. The molecule has 0 atom stereocenters. The summed E-state index contributed by atoms with van der Waals surface area (Å²) in [5, 5.41) is 0.718. The summed E-state index contributed by atoms with van der Waals surface area (Å²) < 4.78 is 1.83. The van der Waals surface area contributed by atoms with E-state index in [2.05, 4.69) is 9.97 Å². The Hall–Kier alpha value is -1.58. The number of nitrogens with one attached hydrogen (secondary N) is 1. The zero-order chi connectivity index (χ0) is 11.8. The van der Waals surface area contributed by atoms with Crippen molar-refractivity contribution < 1.29 is 0 Å². The number of hydrogen-bond donors (Lipinski definition) is 1. The van der Waals surface area contributed by atoms with Gasteiger partial charge in [-0.2, -0.15) is 0 Å². The Bertz CT molecular complexity index is 590. The molecule has 1 saturated carbocycles. The molecule has 0 spiro atoms. The third-order valence-electron chi connectivity index (χ3n) is 3.68. The Morgan fingerprint density at radius 1 is 1.35 bits per heavy atom. The predicted molar refractivity (Wildman–Crippen MR) is 67.2 cm³/mol. The van der Waals surface area contributed by atoms with Crippen molar-refractivity contribution >= 4 is 11.0 Å². The smallest absolute Gasteiger partial charge is 0.263 e. The lowest BCUT2D eigenvalue weighted by molar-refractivity contribution is 0.345. The van der Waals surface area contributed by atoms with E-state index in [4.69, 9.17) is 0 Å². The maximum Gasteiger partial charge on any atom is 0.263 e. The van der Waals surface area contributed by atoms with E-state index in [1.165, 1.54) is 19.3 Å². The molecule has 4 heteroatoms. The van der Waals surface area contributed by atoms with Gasteiger partial charge in [0.1, 0.15) is 12.0 Å². The first-order valence-electron chi connectivity index (χ1n) is 6.32. The molecule has 0 radical (unpaired) electrons. The van der Waals surface area contributed by atoms with Crippen LogP contribution in [-0.4, -0.2) is 14.5 Å². The minimum absolute atomic E-state index is 0.103. The van der Waals surface area contributed by atoms with Crippen LogP contribution in [0.5, 0.6) is 0 Å². The molecule has 1 fully saturated rings. The van der Waals surface area contributed by atoms with Gasteiger partial charge in [0.25, 0.3) is 5.56 Å². The average Bonchev–Trinajstić information content (AvgIpc) is 2.72. The monoisotopic (exact) mass is 231 g/mol. The standard InChI is InChI=1S/C13H17N3O/c1-9-7-11-12(15-9)14-8-16(13(11)17)10-5-3-2-4-6-10/h7-8,10,15H,2-6H2,1H3. The molecule has 0 saturated heterocycles. The highest BCUT2D eigenvalue weighted by atomic mass is 16.1. The second kappa shape index (κ2) is 4.02. The number of aromatic amines is 1. The largest absolute Gasteiger partial charge is 0.343 e. The van der Waals surface area contributed by atoms with E-state index in [0.717, 1.165) is 23.9 Å². The highest BCUT2D eigenvalue weighted by molar-refractivity contribution is 5.75. The Kier molecular flexibility index (Phi) is 2.50. The average molecular weight is 231 g/mol. The molecule has 2 heterocycles. The molecule has 1 N–H and O–H groups in total. The van der Waals surface area contributed by atoms with E-state index in [9.17, 15) is 4.79 Å². The van der Waals surface area contributed by atoms with Crippen LogP contribution < -0.4 is 5.56 Å². The van der Waals surface area contributed by atoms with Gasteiger partial charge >= 0.3 is 0 Å². The van der Waals surface area contributed by atoms with Crippen LogP contribution in [0.15, 0.2) is 17.2 Å². The van der Waals surface area contributed by atoms with Crippen molar-refractivity contribution in [2.45, 2.75) is 45.1 Å². The molecule has 3 rings (SSSR count). The van der Waals surface area contributed by atoms with Crippen LogP contribution in [0.1, 0.15) is 43.8 Å². The fourth-order valence-corrected chi connectivity index (χ4v) is 2.77. The van der Waals surface area contributed by atoms with Crippen LogP contribution in [0.2, 0.25) is 0 Å². The van der Waals surface area contributed by atoms with Gasteiger partial charge in [0.05, 0.1) is 5.39 Å². The summed E-state index contributed by atoms with van der Waals surface area (Å²) in [7, 11) is 0. The lowest BCUT2D eigenvalue weighted by atomic mass is 9.95. The van der Waals surface area contributed by atoms with Crippen LogP contribution >= 0.6 is 0 Å². The van der Waals surface area contributed by atoms with Gasteiger partial charge < -0.3 is 4.98 Å². The Labute approximate surface area is 99.7 Å². The fraction of sp³-hybridized carbons (Fsp3) is 0.538. The Morgan fingerprint density at radius 3 is 2.88 bits per heavy atom. The third kappa shape index (κ3) is 1.77. The third-order valence-corrected chi connectivity index (χ3v) is 3.68. The molecule has 0 unspecified atom stereocenters. The summed E-state index contributed by atoms with van der Waals surface area (Å²) >= 11 is 0. The van der Waals surface area contributed by atoms with E-state index in [-0.39, 0.29) is 5.56 Å². The molecule has 1 aliphatic carbocycles. The molecule has 0 bridgehead atoms. The molecule has 0 amide bonds. The highest BCUT2D eigenvalue weighted by Gasteiger charge is 2.17. The van der Waals surface area contributed by atoms with E-state index in [1.54, 1.807) is 6.33 Å². The Balaban J connectivity index is 2.10. The predicted octanol–water partition coefficient (Wildman–Crippen LogP) is 2.54. The van der Waals surface area contributed by atoms with Crippen molar-refractivity contribution in [2.75, 3.05) is 0 Å². The summed E-state index contributed by atoms with van der Waals surface area (Å²) in [6.45, 7) is 1.95. The van der Waals surface area contributed by atoms with Crippen LogP contribution in [0.25, 0.3) is 11.0 Å². The number of nitrogens with zero attached hydrogens (tertiary/aromatic N) is 2. The number of rotatable bonds is 1. The normalized spacial score (nSPS) is 17.7. The second-order valence-electron chi connectivity index (χ2n) is 4.96. The summed E-state index contributed by atoms with van der Waals surface area (Å²) in [4.78, 5) is 19.8. The zero-order valence-electron chi connectivity index (χ0n) is 10.1. The van der Waals surface area contributed by atoms with Gasteiger partial charge in [0.15, 0.2) is 0 Å². The lowest BCUT2D eigenvalue weighted by Gasteiger charge is -2.23. The first-order chi connectivity index (χ1) is 8.25. The molecular weight excluding hydrogens is 214 g/mol. The van der Waals surface area contributed by atoms with Crippen LogP contribution in [0.3, 0.4) is 0 Å². The van der Waals surface area contributed by atoms with Gasteiger partial charge in [-0.25, -0.2) is 4.98 Å². The molecule has 2 aromatic heterocycles. The van der Waals surface area contributed by atoms with Crippen molar-refractivity contribution in [2.24, 2.45) is 0 Å². The summed E-state index contributed by atoms with van der Waals surface area (Å²) in [5.41, 5.74) is 1.80. The summed E-state index contributed by atoms with van der Waals surface area (Å²) in [5.74, 6) is 0. The summed E-state index contributed by atoms with van der Waals surface area (Å²) in [6.07, 6.45) is 7.66. The molecule has 1 aliphatic rings. The highest BCUT2D eigenvalue weighted by Crippen LogP contribution is 2.26. The van der Waals surface area contributed by atoms with Gasteiger partial charge in [0, 0.05) is 11.7 Å². The molecule has 2 aromatic rings. The van der Waals surface area contributed by atoms with Crippen molar-refractivity contribution in [3.63, 3.8) is 0 Å². The van der Waals surface area contributed by atoms with Gasteiger partial charge in [-0.3, -0.25) is 9.36 Å². The quantitative estimate of drug-likeness (QED) is 0.820. The number of aromatic nitrogens is 3. The van der Waals surface area contributed by atoms with E-state index in [1.807, 2.05) is 17.6 Å². The molecule has 90 valence electrons. The van der Waals surface area contributed by atoms with Gasteiger partial charge in [0.2, 0.25) is 0 Å². The van der Waals surface area contributed by atoms with Crippen molar-refractivity contribution in [1.29, 1.82) is 0 Å². The molecule has 17 heavy (non-hydrogen) atoms. The SMILES string of the molecule is Cc1cc2c(=O)n(C3CCCCC3)cnc2[nH]1. The minimum atomic E-state index is 0.103. The molecular formula is C13H17N3O. The minimum Gasteiger partial charge on any atom is -0.343 e. The van der Waals surface area contributed by atoms with Crippen LogP contribution in [0.4, 0.5) is 0 Å². The number of aryl methyl sites for hydroxylation is 1.